The number of rotatable bonds is 6. The summed E-state index contributed by atoms with van der Waals surface area (Å²) in [6.45, 7) is 0.0439. The minimum absolute atomic E-state index is 0.0300. The fraction of sp³-hybridized carbons (Fsp3) is 0.136. The number of aromatic nitrogens is 3. The van der Waals surface area contributed by atoms with Crippen molar-refractivity contribution in [3.05, 3.63) is 84.8 Å². The predicted molar refractivity (Wildman–Crippen MR) is 115 cm³/mol. The first-order valence-corrected chi connectivity index (χ1v) is 11.4. The van der Waals surface area contributed by atoms with Crippen LogP contribution in [0, 0.1) is 0 Å². The second-order valence-electron chi connectivity index (χ2n) is 7.32. The molecule has 0 spiro atoms. The zero-order chi connectivity index (χ0) is 23.0. The maximum atomic E-state index is 13.2. The fourth-order valence-electron chi connectivity index (χ4n) is 3.74. The summed E-state index contributed by atoms with van der Waals surface area (Å²) in [7, 11) is -4.08. The van der Waals surface area contributed by atoms with E-state index >= 15 is 0 Å². The standard InChI is InChI=1S/C22H18N4O6S/c27-22(28)20-21-15(10-12-31-21)9-11-26(20)33(29,30)19-7-5-18(6-8-19)32-17-3-1-16(2-4-17)25-14-23-13-24-25/h1-8,10,12-14,20H,9,11H2,(H,27,28). The average Bonchev–Trinajstić information content (AvgIpc) is 3.51. The first-order valence-electron chi connectivity index (χ1n) is 9.97. The molecule has 0 bridgehead atoms. The number of hydrogen-bond donors (Lipinski definition) is 1. The quantitative estimate of drug-likeness (QED) is 0.459. The molecular formula is C22H18N4O6S. The second-order valence-corrected chi connectivity index (χ2v) is 9.21. The monoisotopic (exact) mass is 466 g/mol. The Bertz CT molecular complexity index is 1380. The molecule has 2 aromatic carbocycles. The highest BCUT2D eigenvalue weighted by molar-refractivity contribution is 7.89. The van der Waals surface area contributed by atoms with Crippen LogP contribution in [0.3, 0.4) is 0 Å². The molecule has 5 rings (SSSR count). The molecule has 0 radical (unpaired) electrons. The van der Waals surface area contributed by atoms with Gasteiger partial charge in [0.05, 0.1) is 16.8 Å². The smallest absolute Gasteiger partial charge is 0.329 e. The fourth-order valence-corrected chi connectivity index (χ4v) is 5.28. The third kappa shape index (κ3) is 3.88. The molecule has 10 nitrogen and oxygen atoms in total. The molecule has 4 aromatic rings. The van der Waals surface area contributed by atoms with Crippen LogP contribution < -0.4 is 4.74 Å². The summed E-state index contributed by atoms with van der Waals surface area (Å²) in [5.41, 5.74) is 1.52. The number of carboxylic acid groups (broad SMARTS) is 1. The SMILES string of the molecule is O=C(O)C1c2occc2CCN1S(=O)(=O)c1ccc(Oc2ccc(-n3cncn3)cc2)cc1. The van der Waals surface area contributed by atoms with Crippen LogP contribution in [0.1, 0.15) is 17.4 Å². The van der Waals surface area contributed by atoms with Crippen molar-refractivity contribution in [2.75, 3.05) is 6.54 Å². The van der Waals surface area contributed by atoms with E-state index < -0.39 is 22.0 Å². The number of sulfonamides is 1. The van der Waals surface area contributed by atoms with E-state index in [9.17, 15) is 18.3 Å². The molecule has 0 fully saturated rings. The predicted octanol–water partition coefficient (Wildman–Crippen LogP) is 3.03. The van der Waals surface area contributed by atoms with Crippen molar-refractivity contribution < 1.29 is 27.5 Å². The zero-order valence-electron chi connectivity index (χ0n) is 17.1. The molecule has 0 saturated heterocycles. The van der Waals surface area contributed by atoms with Gasteiger partial charge in [0.25, 0.3) is 0 Å². The van der Waals surface area contributed by atoms with Gasteiger partial charge in [-0.1, -0.05) is 0 Å². The lowest BCUT2D eigenvalue weighted by Crippen LogP contribution is -2.43. The largest absolute Gasteiger partial charge is 0.480 e. The molecule has 0 amide bonds. The minimum atomic E-state index is -4.08. The van der Waals surface area contributed by atoms with E-state index in [0.717, 1.165) is 9.99 Å². The van der Waals surface area contributed by atoms with Gasteiger partial charge in [0, 0.05) is 6.54 Å². The van der Waals surface area contributed by atoms with Gasteiger partial charge in [0.15, 0.2) is 6.04 Å². The van der Waals surface area contributed by atoms with Crippen LogP contribution in [0.2, 0.25) is 0 Å². The molecule has 0 saturated carbocycles. The molecule has 2 aromatic heterocycles. The molecule has 1 N–H and O–H groups in total. The molecular weight excluding hydrogens is 448 g/mol. The number of hydrogen-bond acceptors (Lipinski definition) is 7. The van der Waals surface area contributed by atoms with E-state index in [1.54, 1.807) is 29.2 Å². The van der Waals surface area contributed by atoms with Gasteiger partial charge >= 0.3 is 5.97 Å². The molecule has 1 aliphatic heterocycles. The van der Waals surface area contributed by atoms with Gasteiger partial charge in [-0.3, -0.25) is 0 Å². The molecule has 168 valence electrons. The Kier molecular flexibility index (Phi) is 5.19. The van der Waals surface area contributed by atoms with Gasteiger partial charge in [-0.05, 0) is 66.6 Å². The summed E-state index contributed by atoms with van der Waals surface area (Å²) in [4.78, 5) is 15.7. The van der Waals surface area contributed by atoms with Crippen molar-refractivity contribution in [2.45, 2.75) is 17.4 Å². The Morgan fingerprint density at radius 3 is 2.39 bits per heavy atom. The van der Waals surface area contributed by atoms with E-state index in [-0.39, 0.29) is 17.2 Å². The lowest BCUT2D eigenvalue weighted by molar-refractivity contribution is -0.142. The highest BCUT2D eigenvalue weighted by atomic mass is 32.2. The maximum Gasteiger partial charge on any atom is 0.329 e. The Morgan fingerprint density at radius 2 is 1.76 bits per heavy atom. The van der Waals surface area contributed by atoms with Crippen LogP contribution in [-0.4, -0.2) is 45.1 Å². The summed E-state index contributed by atoms with van der Waals surface area (Å²) >= 11 is 0. The van der Waals surface area contributed by atoms with Crippen LogP contribution in [0.5, 0.6) is 11.5 Å². The van der Waals surface area contributed by atoms with Crippen LogP contribution in [-0.2, 0) is 21.2 Å². The van der Waals surface area contributed by atoms with Crippen molar-refractivity contribution in [3.8, 4) is 17.2 Å². The minimum Gasteiger partial charge on any atom is -0.480 e. The Hall–Kier alpha value is -3.96. The summed E-state index contributed by atoms with van der Waals surface area (Å²) < 4.78 is 40.1. The normalized spacial score (nSPS) is 16.3. The molecule has 33 heavy (non-hydrogen) atoms. The highest BCUT2D eigenvalue weighted by Gasteiger charge is 2.42. The molecule has 1 unspecified atom stereocenters. The Balaban J connectivity index is 1.35. The van der Waals surface area contributed by atoms with Gasteiger partial charge < -0.3 is 14.3 Å². The van der Waals surface area contributed by atoms with E-state index in [4.69, 9.17) is 9.15 Å². The van der Waals surface area contributed by atoms with Crippen LogP contribution in [0.25, 0.3) is 5.69 Å². The van der Waals surface area contributed by atoms with Gasteiger partial charge in [0.2, 0.25) is 10.0 Å². The molecule has 3 heterocycles. The molecule has 11 heteroatoms. The molecule has 0 aliphatic carbocycles. The van der Waals surface area contributed by atoms with Crippen molar-refractivity contribution in [1.29, 1.82) is 0 Å². The van der Waals surface area contributed by atoms with Gasteiger partial charge in [0.1, 0.15) is 29.9 Å². The third-order valence-corrected chi connectivity index (χ3v) is 7.22. The Morgan fingerprint density at radius 1 is 1.06 bits per heavy atom. The number of furan rings is 1. The number of aliphatic carboxylic acids is 1. The zero-order valence-corrected chi connectivity index (χ0v) is 17.9. The van der Waals surface area contributed by atoms with Crippen molar-refractivity contribution in [2.24, 2.45) is 0 Å². The lowest BCUT2D eigenvalue weighted by atomic mass is 10.0. The number of carbonyl (C=O) groups is 1. The summed E-state index contributed by atoms with van der Waals surface area (Å²) in [6.07, 6.45) is 4.77. The van der Waals surface area contributed by atoms with Crippen molar-refractivity contribution in [1.82, 2.24) is 19.1 Å². The van der Waals surface area contributed by atoms with Crippen molar-refractivity contribution in [3.63, 3.8) is 0 Å². The topological polar surface area (TPSA) is 128 Å². The van der Waals surface area contributed by atoms with Crippen LogP contribution in [0.15, 0.2) is 82.8 Å². The highest BCUT2D eigenvalue weighted by Crippen LogP contribution is 2.35. The Labute approximate surface area is 188 Å². The van der Waals surface area contributed by atoms with Crippen molar-refractivity contribution >= 4 is 16.0 Å². The first kappa shape index (κ1) is 20.9. The number of benzene rings is 2. The van der Waals surface area contributed by atoms with Crippen LogP contribution in [0.4, 0.5) is 0 Å². The van der Waals surface area contributed by atoms with E-state index in [0.29, 0.717) is 23.5 Å². The van der Waals surface area contributed by atoms with E-state index in [1.807, 2.05) is 12.1 Å². The first-order chi connectivity index (χ1) is 15.9. The van der Waals surface area contributed by atoms with E-state index in [2.05, 4.69) is 10.1 Å². The van der Waals surface area contributed by atoms with Gasteiger partial charge in [-0.2, -0.15) is 9.40 Å². The molecule has 1 atom stereocenters. The summed E-state index contributed by atoms with van der Waals surface area (Å²) in [6, 6.07) is 13.2. The van der Waals surface area contributed by atoms with E-state index in [1.165, 1.54) is 36.9 Å². The number of fused-ring (bicyclic) bond motifs is 1. The van der Waals surface area contributed by atoms with Gasteiger partial charge in [-0.25, -0.2) is 22.9 Å². The lowest BCUT2D eigenvalue weighted by Gasteiger charge is -2.31. The molecule has 1 aliphatic rings. The number of carboxylic acids is 1. The van der Waals surface area contributed by atoms with Crippen LogP contribution >= 0.6 is 0 Å². The van der Waals surface area contributed by atoms with Gasteiger partial charge in [-0.15, -0.1) is 0 Å². The second kappa shape index (κ2) is 8.19. The average molecular weight is 466 g/mol. The number of ether oxygens (including phenoxy) is 1. The summed E-state index contributed by atoms with van der Waals surface area (Å²) in [5.74, 6) is -0.151. The summed E-state index contributed by atoms with van der Waals surface area (Å²) in [5, 5.41) is 13.7. The third-order valence-electron chi connectivity index (χ3n) is 5.34. The maximum absolute atomic E-state index is 13.2. The number of nitrogens with zero attached hydrogens (tertiary/aromatic N) is 4.